The fourth-order valence-corrected chi connectivity index (χ4v) is 3.38. The molecule has 0 bridgehead atoms. The van der Waals surface area contributed by atoms with Gasteiger partial charge in [-0.2, -0.15) is 0 Å². The van der Waals surface area contributed by atoms with Crippen LogP contribution in [0.1, 0.15) is 13.8 Å². The SMILES string of the molecule is CC(C)(CNS(=O)(=O)c1ccc(F)cc1Br)C(=O)O. The lowest BCUT2D eigenvalue weighted by Crippen LogP contribution is -2.38. The van der Waals surface area contributed by atoms with Crippen LogP contribution in [-0.4, -0.2) is 26.0 Å². The van der Waals surface area contributed by atoms with Gasteiger partial charge in [-0.25, -0.2) is 17.5 Å². The van der Waals surface area contributed by atoms with Crippen molar-refractivity contribution in [3.05, 3.63) is 28.5 Å². The Morgan fingerprint density at radius 1 is 1.47 bits per heavy atom. The molecule has 0 heterocycles. The lowest BCUT2D eigenvalue weighted by atomic mass is 9.95. The molecule has 2 N–H and O–H groups in total. The molecule has 0 radical (unpaired) electrons. The molecule has 106 valence electrons. The summed E-state index contributed by atoms with van der Waals surface area (Å²) >= 11 is 2.96. The first-order chi connectivity index (χ1) is 8.56. The zero-order chi connectivity index (χ0) is 14.8. The number of aliphatic carboxylic acids is 1. The summed E-state index contributed by atoms with van der Waals surface area (Å²) in [4.78, 5) is 10.7. The van der Waals surface area contributed by atoms with Crippen LogP contribution >= 0.6 is 15.9 Å². The molecule has 1 rings (SSSR count). The van der Waals surface area contributed by atoms with Crippen molar-refractivity contribution in [3.63, 3.8) is 0 Å². The number of hydrogen-bond acceptors (Lipinski definition) is 3. The minimum Gasteiger partial charge on any atom is -0.481 e. The molecular formula is C11H13BrFNO4S. The molecule has 0 unspecified atom stereocenters. The number of hydrogen-bond donors (Lipinski definition) is 2. The van der Waals surface area contributed by atoms with Crippen molar-refractivity contribution in [2.75, 3.05) is 6.54 Å². The molecule has 0 amide bonds. The fourth-order valence-electron chi connectivity index (χ4n) is 1.12. The third-order valence-electron chi connectivity index (χ3n) is 2.47. The highest BCUT2D eigenvalue weighted by molar-refractivity contribution is 9.10. The number of nitrogens with one attached hydrogen (secondary N) is 1. The average Bonchev–Trinajstić information content (AvgIpc) is 2.26. The Morgan fingerprint density at radius 2 is 2.05 bits per heavy atom. The molecule has 1 aromatic rings. The van der Waals surface area contributed by atoms with Crippen LogP contribution in [0.2, 0.25) is 0 Å². The number of carboxylic acid groups (broad SMARTS) is 1. The van der Waals surface area contributed by atoms with Gasteiger partial charge in [-0.05, 0) is 48.0 Å². The summed E-state index contributed by atoms with van der Waals surface area (Å²) in [5.41, 5.74) is -1.24. The Balaban J connectivity index is 2.97. The van der Waals surface area contributed by atoms with Gasteiger partial charge in [0.15, 0.2) is 0 Å². The van der Waals surface area contributed by atoms with E-state index in [1.165, 1.54) is 13.8 Å². The number of rotatable bonds is 5. The summed E-state index contributed by atoms with van der Waals surface area (Å²) in [6.45, 7) is 2.53. The molecule has 0 aromatic heterocycles. The molecule has 8 heteroatoms. The van der Waals surface area contributed by atoms with Crippen LogP contribution in [0.3, 0.4) is 0 Å². The second kappa shape index (κ2) is 5.56. The summed E-state index contributed by atoms with van der Waals surface area (Å²) in [7, 11) is -3.90. The molecular weight excluding hydrogens is 341 g/mol. The van der Waals surface area contributed by atoms with Crippen molar-refractivity contribution in [2.24, 2.45) is 5.41 Å². The van der Waals surface area contributed by atoms with Crippen LogP contribution in [0.25, 0.3) is 0 Å². The van der Waals surface area contributed by atoms with Crippen LogP contribution in [-0.2, 0) is 14.8 Å². The maximum absolute atomic E-state index is 12.9. The molecule has 19 heavy (non-hydrogen) atoms. The summed E-state index contributed by atoms with van der Waals surface area (Å²) in [6, 6.07) is 3.15. The minimum absolute atomic E-state index is 0.0770. The van der Waals surface area contributed by atoms with E-state index in [0.29, 0.717) is 0 Å². The molecule has 0 spiro atoms. The van der Waals surface area contributed by atoms with Crippen LogP contribution in [0, 0.1) is 11.2 Å². The van der Waals surface area contributed by atoms with Gasteiger partial charge in [-0.3, -0.25) is 4.79 Å². The van der Waals surface area contributed by atoms with Crippen LogP contribution in [0.15, 0.2) is 27.6 Å². The molecule has 0 aliphatic rings. The van der Waals surface area contributed by atoms with Crippen molar-refractivity contribution in [1.82, 2.24) is 4.72 Å². The Labute approximate surface area is 119 Å². The van der Waals surface area contributed by atoms with Crippen molar-refractivity contribution in [2.45, 2.75) is 18.7 Å². The van der Waals surface area contributed by atoms with Gasteiger partial charge in [0.05, 0.1) is 10.3 Å². The number of sulfonamides is 1. The molecule has 5 nitrogen and oxygen atoms in total. The van der Waals surface area contributed by atoms with E-state index in [2.05, 4.69) is 20.7 Å². The van der Waals surface area contributed by atoms with Crippen molar-refractivity contribution < 1.29 is 22.7 Å². The molecule has 0 aliphatic carbocycles. The largest absolute Gasteiger partial charge is 0.481 e. The van der Waals surface area contributed by atoms with Gasteiger partial charge in [0.2, 0.25) is 10.0 Å². The van der Waals surface area contributed by atoms with Crippen LogP contribution in [0.5, 0.6) is 0 Å². The van der Waals surface area contributed by atoms with Crippen molar-refractivity contribution >= 4 is 31.9 Å². The fraction of sp³-hybridized carbons (Fsp3) is 0.364. The number of carboxylic acids is 1. The predicted molar refractivity (Wildman–Crippen MR) is 70.7 cm³/mol. The molecule has 0 saturated heterocycles. The van der Waals surface area contributed by atoms with E-state index in [0.717, 1.165) is 18.2 Å². The topological polar surface area (TPSA) is 83.5 Å². The van der Waals surface area contributed by atoms with Crippen molar-refractivity contribution in [1.29, 1.82) is 0 Å². The van der Waals surface area contributed by atoms with Gasteiger partial charge in [0.25, 0.3) is 0 Å². The Morgan fingerprint density at radius 3 is 2.53 bits per heavy atom. The lowest BCUT2D eigenvalue weighted by Gasteiger charge is -2.19. The maximum Gasteiger partial charge on any atom is 0.310 e. The Bertz CT molecular complexity index is 601. The molecule has 0 fully saturated rings. The zero-order valence-electron chi connectivity index (χ0n) is 10.3. The van der Waals surface area contributed by atoms with E-state index in [9.17, 15) is 17.6 Å². The van der Waals surface area contributed by atoms with Gasteiger partial charge in [0, 0.05) is 11.0 Å². The number of halogens is 2. The number of benzene rings is 1. The zero-order valence-corrected chi connectivity index (χ0v) is 12.7. The summed E-state index contributed by atoms with van der Waals surface area (Å²) < 4.78 is 39.1. The van der Waals surface area contributed by atoms with Gasteiger partial charge in [-0.1, -0.05) is 0 Å². The first kappa shape index (κ1) is 16.1. The third-order valence-corrected chi connectivity index (χ3v) is 4.84. The van der Waals surface area contributed by atoms with E-state index >= 15 is 0 Å². The first-order valence-electron chi connectivity index (χ1n) is 5.24. The summed E-state index contributed by atoms with van der Waals surface area (Å²) in [6.07, 6.45) is 0. The smallest absolute Gasteiger partial charge is 0.310 e. The van der Waals surface area contributed by atoms with E-state index in [1.807, 2.05) is 0 Å². The molecule has 0 aliphatic heterocycles. The van der Waals surface area contributed by atoms with Crippen LogP contribution in [0.4, 0.5) is 4.39 Å². The summed E-state index contributed by atoms with van der Waals surface area (Å²) in [5, 5.41) is 8.91. The minimum atomic E-state index is -3.90. The van der Waals surface area contributed by atoms with Gasteiger partial charge in [0.1, 0.15) is 5.82 Å². The highest BCUT2D eigenvalue weighted by Crippen LogP contribution is 2.23. The molecule has 0 atom stereocenters. The highest BCUT2D eigenvalue weighted by atomic mass is 79.9. The lowest BCUT2D eigenvalue weighted by molar-refractivity contribution is -0.146. The van der Waals surface area contributed by atoms with E-state index in [1.54, 1.807) is 0 Å². The summed E-state index contributed by atoms with van der Waals surface area (Å²) in [5.74, 6) is -1.69. The molecule has 1 aromatic carbocycles. The highest BCUT2D eigenvalue weighted by Gasteiger charge is 2.29. The van der Waals surface area contributed by atoms with Crippen LogP contribution < -0.4 is 4.72 Å². The number of carbonyl (C=O) groups is 1. The predicted octanol–water partition coefficient (Wildman–Crippen LogP) is 1.98. The molecule has 0 saturated carbocycles. The van der Waals surface area contributed by atoms with E-state index < -0.39 is 27.2 Å². The second-order valence-electron chi connectivity index (χ2n) is 4.59. The standard InChI is InChI=1S/C11H13BrFNO4S/c1-11(2,10(15)16)6-14-19(17,18)9-4-3-7(13)5-8(9)12/h3-5,14H,6H2,1-2H3,(H,15,16). The third kappa shape index (κ3) is 3.99. The Kier molecular flexibility index (Phi) is 4.70. The Hall–Kier alpha value is -0.990. The quantitative estimate of drug-likeness (QED) is 0.847. The normalized spacial score (nSPS) is 12.4. The van der Waals surface area contributed by atoms with Crippen molar-refractivity contribution in [3.8, 4) is 0 Å². The van der Waals surface area contributed by atoms with E-state index in [4.69, 9.17) is 5.11 Å². The first-order valence-corrected chi connectivity index (χ1v) is 7.52. The maximum atomic E-state index is 12.9. The van der Waals surface area contributed by atoms with Gasteiger partial charge in [-0.15, -0.1) is 0 Å². The van der Waals surface area contributed by atoms with Gasteiger partial charge < -0.3 is 5.11 Å². The monoisotopic (exact) mass is 353 g/mol. The van der Waals surface area contributed by atoms with E-state index in [-0.39, 0.29) is 15.9 Å². The van der Waals surface area contributed by atoms with Gasteiger partial charge >= 0.3 is 5.97 Å². The second-order valence-corrected chi connectivity index (χ2v) is 7.18. The average molecular weight is 354 g/mol.